The van der Waals surface area contributed by atoms with Gasteiger partial charge in [0.2, 0.25) is 0 Å². The molecule has 0 bridgehead atoms. The Morgan fingerprint density at radius 3 is 2.52 bits per heavy atom. The predicted octanol–water partition coefficient (Wildman–Crippen LogP) is 2.57. The van der Waals surface area contributed by atoms with E-state index in [2.05, 4.69) is 4.98 Å². The molecule has 0 amide bonds. The van der Waals surface area contributed by atoms with Crippen LogP contribution in [0.5, 0.6) is 5.88 Å². The van der Waals surface area contributed by atoms with Crippen molar-refractivity contribution in [2.75, 3.05) is 20.1 Å². The summed E-state index contributed by atoms with van der Waals surface area (Å²) in [6.45, 7) is 0.775. The van der Waals surface area contributed by atoms with E-state index in [9.17, 15) is 12.8 Å². The molecule has 0 spiro atoms. The minimum Gasteiger partial charge on any atom is -0.472 e. The molecule has 8 heteroatoms. The molecule has 1 saturated carbocycles. The lowest BCUT2D eigenvalue weighted by atomic mass is 9.96. The fourth-order valence-electron chi connectivity index (χ4n) is 3.61. The summed E-state index contributed by atoms with van der Waals surface area (Å²) in [6.07, 6.45) is 7.60. The van der Waals surface area contributed by atoms with Gasteiger partial charge in [-0.25, -0.2) is 9.37 Å². The molecule has 1 aromatic rings. The molecule has 0 atom stereocenters. The average molecular weight is 371 g/mol. The van der Waals surface area contributed by atoms with Crippen LogP contribution in [-0.2, 0) is 10.2 Å². The second-order valence-corrected chi connectivity index (χ2v) is 8.81. The Bertz CT molecular complexity index is 671. The maximum atomic E-state index is 13.6. The quantitative estimate of drug-likeness (QED) is 0.798. The Hall–Kier alpha value is -1.25. The second-order valence-electron chi connectivity index (χ2n) is 6.82. The maximum absolute atomic E-state index is 13.6. The van der Waals surface area contributed by atoms with Crippen LogP contribution in [0.4, 0.5) is 4.39 Å². The van der Waals surface area contributed by atoms with Gasteiger partial charge in [0.1, 0.15) is 6.10 Å². The van der Waals surface area contributed by atoms with Crippen LogP contribution in [0.15, 0.2) is 18.3 Å². The number of hydrogen-bond acceptors (Lipinski definition) is 4. The van der Waals surface area contributed by atoms with Gasteiger partial charge in [0, 0.05) is 32.4 Å². The number of ether oxygens (including phenoxy) is 1. The summed E-state index contributed by atoms with van der Waals surface area (Å²) in [5.41, 5.74) is 0. The Morgan fingerprint density at radius 1 is 1.20 bits per heavy atom. The molecule has 1 saturated heterocycles. The summed E-state index contributed by atoms with van der Waals surface area (Å²) in [6, 6.07) is 2.93. The SMILES string of the molecule is CN(C1CCCCC1)S(=O)(=O)N1CCC(Oc2ncccc2F)CC1. The lowest BCUT2D eigenvalue weighted by molar-refractivity contribution is 0.120. The van der Waals surface area contributed by atoms with Gasteiger partial charge in [0.05, 0.1) is 0 Å². The molecule has 1 aliphatic heterocycles. The van der Waals surface area contributed by atoms with Crippen molar-refractivity contribution < 1.29 is 17.5 Å². The van der Waals surface area contributed by atoms with E-state index in [1.807, 2.05) is 0 Å². The van der Waals surface area contributed by atoms with Crippen LogP contribution in [0, 0.1) is 5.82 Å². The smallest absolute Gasteiger partial charge is 0.281 e. The molecule has 1 aliphatic carbocycles. The van der Waals surface area contributed by atoms with Gasteiger partial charge >= 0.3 is 0 Å². The fraction of sp³-hybridized carbons (Fsp3) is 0.706. The molecule has 0 unspecified atom stereocenters. The Morgan fingerprint density at radius 2 is 1.88 bits per heavy atom. The van der Waals surface area contributed by atoms with E-state index < -0.39 is 16.0 Å². The summed E-state index contributed by atoms with van der Waals surface area (Å²) in [5.74, 6) is -0.502. The van der Waals surface area contributed by atoms with Crippen molar-refractivity contribution in [3.05, 3.63) is 24.1 Å². The average Bonchev–Trinajstić information content (AvgIpc) is 2.64. The molecule has 0 N–H and O–H groups in total. The van der Waals surface area contributed by atoms with Crippen LogP contribution in [0.1, 0.15) is 44.9 Å². The van der Waals surface area contributed by atoms with Gasteiger partial charge in [0.25, 0.3) is 16.1 Å². The van der Waals surface area contributed by atoms with E-state index in [1.165, 1.54) is 29.1 Å². The van der Waals surface area contributed by atoms with Gasteiger partial charge in [-0.2, -0.15) is 17.0 Å². The topological polar surface area (TPSA) is 62.7 Å². The van der Waals surface area contributed by atoms with Crippen molar-refractivity contribution >= 4 is 10.2 Å². The molecule has 1 aromatic heterocycles. The summed E-state index contributed by atoms with van der Waals surface area (Å²) < 4.78 is 48.0. The van der Waals surface area contributed by atoms with Gasteiger partial charge in [-0.3, -0.25) is 0 Å². The first-order chi connectivity index (χ1) is 12.0. The third-order valence-electron chi connectivity index (χ3n) is 5.18. The second kappa shape index (κ2) is 7.97. The van der Waals surface area contributed by atoms with E-state index in [1.54, 1.807) is 11.4 Å². The van der Waals surface area contributed by atoms with Gasteiger partial charge in [-0.1, -0.05) is 19.3 Å². The summed E-state index contributed by atoms with van der Waals surface area (Å²) in [4.78, 5) is 3.89. The first-order valence-electron chi connectivity index (χ1n) is 8.99. The zero-order chi connectivity index (χ0) is 17.9. The third-order valence-corrected chi connectivity index (χ3v) is 7.23. The number of piperidine rings is 1. The molecule has 2 aliphatic rings. The van der Waals surface area contributed by atoms with Crippen LogP contribution in [0.25, 0.3) is 0 Å². The summed E-state index contributed by atoms with van der Waals surface area (Å²) in [7, 11) is -1.75. The number of hydrogen-bond donors (Lipinski definition) is 0. The van der Waals surface area contributed by atoms with Crippen LogP contribution >= 0.6 is 0 Å². The highest BCUT2D eigenvalue weighted by Crippen LogP contribution is 2.27. The number of aromatic nitrogens is 1. The number of pyridine rings is 1. The lowest BCUT2D eigenvalue weighted by Gasteiger charge is -2.37. The first-order valence-corrected chi connectivity index (χ1v) is 10.4. The highest BCUT2D eigenvalue weighted by molar-refractivity contribution is 7.86. The first kappa shape index (κ1) is 18.5. The minimum atomic E-state index is -3.44. The lowest BCUT2D eigenvalue weighted by Crippen LogP contribution is -2.50. The van der Waals surface area contributed by atoms with Crippen LogP contribution in [0.3, 0.4) is 0 Å². The highest BCUT2D eigenvalue weighted by Gasteiger charge is 2.35. The third kappa shape index (κ3) is 4.30. The van der Waals surface area contributed by atoms with E-state index in [4.69, 9.17) is 4.74 Å². The van der Waals surface area contributed by atoms with Crippen LogP contribution in [0.2, 0.25) is 0 Å². The minimum absolute atomic E-state index is 0.0110. The number of nitrogens with zero attached hydrogens (tertiary/aromatic N) is 3. The largest absolute Gasteiger partial charge is 0.472 e. The molecular formula is C17H26FN3O3S. The van der Waals surface area contributed by atoms with Gasteiger partial charge < -0.3 is 4.74 Å². The van der Waals surface area contributed by atoms with Gasteiger partial charge in [-0.15, -0.1) is 0 Å². The molecule has 2 heterocycles. The van der Waals surface area contributed by atoms with Crippen molar-refractivity contribution in [3.63, 3.8) is 0 Å². The zero-order valence-electron chi connectivity index (χ0n) is 14.6. The molecule has 0 radical (unpaired) electrons. The zero-order valence-corrected chi connectivity index (χ0v) is 15.4. The molecule has 0 aromatic carbocycles. The van der Waals surface area contributed by atoms with E-state index in [0.717, 1.165) is 25.7 Å². The van der Waals surface area contributed by atoms with Crippen molar-refractivity contribution in [1.82, 2.24) is 13.6 Å². The Labute approximate surface area is 149 Å². The van der Waals surface area contributed by atoms with E-state index in [-0.39, 0.29) is 18.0 Å². The number of rotatable bonds is 5. The summed E-state index contributed by atoms with van der Waals surface area (Å²) >= 11 is 0. The maximum Gasteiger partial charge on any atom is 0.281 e. The van der Waals surface area contributed by atoms with Crippen molar-refractivity contribution in [1.29, 1.82) is 0 Å². The standard InChI is InChI=1S/C17H26FN3O3S/c1-20(14-6-3-2-4-7-14)25(22,23)21-12-9-15(10-13-21)24-17-16(18)8-5-11-19-17/h5,8,11,14-15H,2-4,6-7,9-10,12-13H2,1H3. The molecule has 25 heavy (non-hydrogen) atoms. The van der Waals surface area contributed by atoms with Gasteiger partial charge in [0.15, 0.2) is 5.82 Å². The van der Waals surface area contributed by atoms with Crippen molar-refractivity contribution in [2.24, 2.45) is 0 Å². The Kier molecular flexibility index (Phi) is 5.91. The highest BCUT2D eigenvalue weighted by atomic mass is 32.2. The molecule has 6 nitrogen and oxygen atoms in total. The van der Waals surface area contributed by atoms with Crippen molar-refractivity contribution in [2.45, 2.75) is 57.1 Å². The Balaban J connectivity index is 1.56. The molecule has 3 rings (SSSR count). The van der Waals surface area contributed by atoms with Gasteiger partial charge in [-0.05, 0) is 37.8 Å². The fourth-order valence-corrected chi connectivity index (χ4v) is 5.24. The molecule has 2 fully saturated rings. The molecular weight excluding hydrogens is 345 g/mol. The molecule has 140 valence electrons. The van der Waals surface area contributed by atoms with Crippen LogP contribution in [-0.4, -0.2) is 54.3 Å². The van der Waals surface area contributed by atoms with Crippen LogP contribution < -0.4 is 4.74 Å². The van der Waals surface area contributed by atoms with Crippen molar-refractivity contribution in [3.8, 4) is 5.88 Å². The predicted molar refractivity (Wildman–Crippen MR) is 93.0 cm³/mol. The number of halogens is 1. The summed E-state index contributed by atoms with van der Waals surface area (Å²) in [5, 5.41) is 0. The monoisotopic (exact) mass is 371 g/mol. The normalized spacial score (nSPS) is 21.6. The van der Waals surface area contributed by atoms with E-state index >= 15 is 0 Å². The van der Waals surface area contributed by atoms with E-state index in [0.29, 0.717) is 25.9 Å².